The van der Waals surface area contributed by atoms with E-state index in [0.717, 1.165) is 53.8 Å². The van der Waals surface area contributed by atoms with Crippen molar-refractivity contribution in [2.75, 3.05) is 12.0 Å². The van der Waals surface area contributed by atoms with Gasteiger partial charge in [-0.05, 0) is 86.8 Å². The van der Waals surface area contributed by atoms with Crippen LogP contribution in [0.5, 0.6) is 0 Å². The number of carboxylic acid groups (broad SMARTS) is 1. The van der Waals surface area contributed by atoms with Gasteiger partial charge < -0.3 is 10.4 Å². The number of carboxylic acids is 1. The standard InChI is InChI=1S/C35H52N2O5S/c1-7-35(8-2,23-27-15-10-9-11-16-27)37(25(3)4)24-28-18-19-30(31(22-28)29-17-13-12-14-26(29)5)33(38)36-32(34(39)40)20-21-43(6,41)42/h12-14,17-19,22,25,27,32H,7-11,15-16,20-21,23-24H2,1-6H3,(H,36,38)(H,39,40). The van der Waals surface area contributed by atoms with E-state index >= 15 is 0 Å². The van der Waals surface area contributed by atoms with Crippen LogP contribution in [-0.2, 0) is 21.2 Å². The van der Waals surface area contributed by atoms with Crippen LogP contribution in [-0.4, -0.2) is 59.9 Å². The minimum absolute atomic E-state index is 0.0867. The lowest BCUT2D eigenvalue weighted by Crippen LogP contribution is -2.52. The van der Waals surface area contributed by atoms with Crippen LogP contribution < -0.4 is 5.32 Å². The molecule has 7 nitrogen and oxygen atoms in total. The van der Waals surface area contributed by atoms with Crippen molar-refractivity contribution < 1.29 is 23.1 Å². The number of nitrogens with zero attached hydrogens (tertiary/aromatic N) is 1. The molecule has 0 radical (unpaired) electrons. The molecule has 2 N–H and O–H groups in total. The number of rotatable bonds is 15. The largest absolute Gasteiger partial charge is 0.480 e. The monoisotopic (exact) mass is 612 g/mol. The third kappa shape index (κ3) is 9.39. The number of hydrogen-bond acceptors (Lipinski definition) is 5. The molecule has 2 aromatic carbocycles. The van der Waals surface area contributed by atoms with Gasteiger partial charge in [0.2, 0.25) is 0 Å². The van der Waals surface area contributed by atoms with Crippen molar-refractivity contribution >= 4 is 21.7 Å². The zero-order valence-electron chi connectivity index (χ0n) is 27.0. The fourth-order valence-electron chi connectivity index (χ4n) is 6.90. The molecule has 3 rings (SSSR count). The van der Waals surface area contributed by atoms with Crippen molar-refractivity contribution in [3.05, 3.63) is 59.2 Å². The summed E-state index contributed by atoms with van der Waals surface area (Å²) in [5, 5.41) is 12.3. The Bertz CT molecular complexity index is 1340. The van der Waals surface area contributed by atoms with Crippen molar-refractivity contribution in [3.8, 4) is 11.1 Å². The number of aliphatic carboxylic acids is 1. The zero-order valence-corrected chi connectivity index (χ0v) is 27.8. The van der Waals surface area contributed by atoms with Crippen LogP contribution in [0.4, 0.5) is 0 Å². The number of carbonyl (C=O) groups is 2. The van der Waals surface area contributed by atoms with Crippen LogP contribution in [0.3, 0.4) is 0 Å². The van der Waals surface area contributed by atoms with Crippen molar-refractivity contribution in [1.29, 1.82) is 0 Å². The van der Waals surface area contributed by atoms with Gasteiger partial charge >= 0.3 is 5.97 Å². The van der Waals surface area contributed by atoms with Gasteiger partial charge in [-0.1, -0.05) is 76.3 Å². The SMILES string of the molecule is CCC(CC)(CC1CCCCC1)N(Cc1ccc(C(=O)NC(CCS(C)(=O)=O)C(=O)O)c(-c2ccccc2C)c1)C(C)C. The highest BCUT2D eigenvalue weighted by Crippen LogP contribution is 2.39. The molecule has 238 valence electrons. The Labute approximate surface area is 259 Å². The molecule has 1 amide bonds. The van der Waals surface area contributed by atoms with Crippen LogP contribution in [0, 0.1) is 12.8 Å². The topological polar surface area (TPSA) is 104 Å². The fraction of sp³-hybridized carbons (Fsp3) is 0.600. The quantitative estimate of drug-likeness (QED) is 0.224. The van der Waals surface area contributed by atoms with Crippen LogP contribution >= 0.6 is 0 Å². The van der Waals surface area contributed by atoms with E-state index in [4.69, 9.17) is 0 Å². The fourth-order valence-corrected chi connectivity index (χ4v) is 7.56. The molecule has 2 aromatic rings. The van der Waals surface area contributed by atoms with Gasteiger partial charge in [0, 0.05) is 29.9 Å². The molecule has 1 saturated carbocycles. The third-order valence-electron chi connectivity index (χ3n) is 9.44. The molecule has 0 heterocycles. The molecule has 0 aliphatic heterocycles. The average molecular weight is 613 g/mol. The Morgan fingerprint density at radius 3 is 2.23 bits per heavy atom. The van der Waals surface area contributed by atoms with Crippen molar-refractivity contribution in [2.45, 2.75) is 117 Å². The highest BCUT2D eigenvalue weighted by molar-refractivity contribution is 7.90. The van der Waals surface area contributed by atoms with Crippen LogP contribution in [0.25, 0.3) is 11.1 Å². The lowest BCUT2D eigenvalue weighted by molar-refractivity contribution is -0.139. The maximum atomic E-state index is 13.6. The summed E-state index contributed by atoms with van der Waals surface area (Å²) in [5.41, 5.74) is 4.23. The van der Waals surface area contributed by atoms with E-state index in [1.54, 1.807) is 6.07 Å². The molecule has 1 unspecified atom stereocenters. The van der Waals surface area contributed by atoms with E-state index in [0.29, 0.717) is 11.6 Å². The van der Waals surface area contributed by atoms with Gasteiger partial charge in [0.1, 0.15) is 15.9 Å². The second kappa shape index (κ2) is 15.3. The summed E-state index contributed by atoms with van der Waals surface area (Å²) in [6.07, 6.45) is 10.9. The van der Waals surface area contributed by atoms with Gasteiger partial charge in [-0.2, -0.15) is 0 Å². The zero-order chi connectivity index (χ0) is 31.8. The van der Waals surface area contributed by atoms with E-state index < -0.39 is 27.8 Å². The summed E-state index contributed by atoms with van der Waals surface area (Å²) in [4.78, 5) is 28.1. The number of nitrogens with one attached hydrogen (secondary N) is 1. The van der Waals surface area contributed by atoms with Crippen LogP contribution in [0.2, 0.25) is 0 Å². The molecule has 0 aromatic heterocycles. The smallest absolute Gasteiger partial charge is 0.326 e. The molecule has 43 heavy (non-hydrogen) atoms. The predicted octanol–water partition coefficient (Wildman–Crippen LogP) is 7.02. The summed E-state index contributed by atoms with van der Waals surface area (Å²) in [6.45, 7) is 11.9. The second-order valence-corrected chi connectivity index (χ2v) is 15.1. The highest BCUT2D eigenvalue weighted by Gasteiger charge is 2.37. The van der Waals surface area contributed by atoms with E-state index in [1.807, 2.05) is 37.3 Å². The van der Waals surface area contributed by atoms with Crippen LogP contribution in [0.1, 0.15) is 107 Å². The summed E-state index contributed by atoms with van der Waals surface area (Å²) in [6, 6.07) is 12.8. The number of carbonyl (C=O) groups excluding carboxylic acids is 1. The predicted molar refractivity (Wildman–Crippen MR) is 175 cm³/mol. The number of aryl methyl sites for hydroxylation is 1. The maximum absolute atomic E-state index is 13.6. The lowest BCUT2D eigenvalue weighted by Gasteiger charge is -2.48. The van der Waals surface area contributed by atoms with Gasteiger partial charge in [0.25, 0.3) is 5.91 Å². The number of hydrogen-bond donors (Lipinski definition) is 2. The lowest BCUT2D eigenvalue weighted by atomic mass is 9.75. The van der Waals surface area contributed by atoms with Gasteiger partial charge in [-0.25, -0.2) is 13.2 Å². The van der Waals surface area contributed by atoms with Crippen molar-refractivity contribution in [3.63, 3.8) is 0 Å². The number of amides is 1. The van der Waals surface area contributed by atoms with Gasteiger partial charge in [0.15, 0.2) is 0 Å². The second-order valence-electron chi connectivity index (χ2n) is 12.8. The summed E-state index contributed by atoms with van der Waals surface area (Å²) >= 11 is 0. The Morgan fingerprint density at radius 1 is 1.02 bits per heavy atom. The summed E-state index contributed by atoms with van der Waals surface area (Å²) < 4.78 is 23.4. The van der Waals surface area contributed by atoms with E-state index in [1.165, 1.54) is 38.5 Å². The van der Waals surface area contributed by atoms with Crippen molar-refractivity contribution in [2.24, 2.45) is 5.92 Å². The van der Waals surface area contributed by atoms with E-state index in [-0.39, 0.29) is 17.7 Å². The third-order valence-corrected chi connectivity index (χ3v) is 10.4. The van der Waals surface area contributed by atoms with Gasteiger partial charge in [0.05, 0.1) is 5.75 Å². The van der Waals surface area contributed by atoms with Gasteiger partial charge in [-0.3, -0.25) is 9.69 Å². The Hall–Kier alpha value is -2.71. The molecule has 0 bridgehead atoms. The minimum Gasteiger partial charge on any atom is -0.480 e. The Balaban J connectivity index is 2.00. The summed E-state index contributed by atoms with van der Waals surface area (Å²) in [5.74, 6) is -1.35. The first-order valence-electron chi connectivity index (χ1n) is 16.0. The molecule has 0 saturated heterocycles. The first-order chi connectivity index (χ1) is 20.3. The number of sulfone groups is 1. The molecule has 1 aliphatic rings. The Kier molecular flexibility index (Phi) is 12.4. The molecule has 0 spiro atoms. The van der Waals surface area contributed by atoms with E-state index in [9.17, 15) is 23.1 Å². The molecule has 1 fully saturated rings. The molecule has 8 heteroatoms. The maximum Gasteiger partial charge on any atom is 0.326 e. The Morgan fingerprint density at radius 2 is 1.67 bits per heavy atom. The van der Waals surface area contributed by atoms with E-state index in [2.05, 4.69) is 44.0 Å². The molecular weight excluding hydrogens is 560 g/mol. The molecule has 1 atom stereocenters. The first-order valence-corrected chi connectivity index (χ1v) is 18.0. The average Bonchev–Trinajstić information content (AvgIpc) is 2.97. The van der Waals surface area contributed by atoms with Crippen LogP contribution in [0.15, 0.2) is 42.5 Å². The first kappa shape index (κ1) is 34.8. The van der Waals surface area contributed by atoms with Gasteiger partial charge in [-0.15, -0.1) is 0 Å². The highest BCUT2D eigenvalue weighted by atomic mass is 32.2. The normalized spacial score (nSPS) is 15.5. The molecular formula is C35H52N2O5S. The summed E-state index contributed by atoms with van der Waals surface area (Å²) in [7, 11) is -3.38. The number of benzene rings is 2. The van der Waals surface area contributed by atoms with Crippen molar-refractivity contribution in [1.82, 2.24) is 10.2 Å². The molecule has 1 aliphatic carbocycles. The minimum atomic E-state index is -3.38.